The summed E-state index contributed by atoms with van der Waals surface area (Å²) in [7, 11) is 2.11. The van der Waals surface area contributed by atoms with Gasteiger partial charge in [0, 0.05) is 28.7 Å². The van der Waals surface area contributed by atoms with E-state index >= 15 is 0 Å². The minimum absolute atomic E-state index is 0.222. The minimum atomic E-state index is 0.222. The lowest BCUT2D eigenvalue weighted by Crippen LogP contribution is -2.48. The molecule has 3 aliphatic carbocycles. The maximum atomic E-state index is 4.81. The summed E-state index contributed by atoms with van der Waals surface area (Å²) in [6, 6.07) is 15.5. The van der Waals surface area contributed by atoms with Gasteiger partial charge in [0.05, 0.1) is 35.9 Å². The summed E-state index contributed by atoms with van der Waals surface area (Å²) >= 11 is 0. The van der Waals surface area contributed by atoms with Gasteiger partial charge in [-0.1, -0.05) is 30.7 Å². The number of imidazole rings is 2. The quantitative estimate of drug-likeness (QED) is 0.196. The highest BCUT2D eigenvalue weighted by molar-refractivity contribution is 6.04. The van der Waals surface area contributed by atoms with E-state index in [0.717, 1.165) is 35.4 Å². The van der Waals surface area contributed by atoms with Gasteiger partial charge in [0.1, 0.15) is 11.6 Å². The average molecular weight is 532 g/mol. The second-order valence-electron chi connectivity index (χ2n) is 12.9. The van der Waals surface area contributed by atoms with Crippen LogP contribution in [0.2, 0.25) is 0 Å². The monoisotopic (exact) mass is 531 g/mol. The second kappa shape index (κ2) is 8.62. The van der Waals surface area contributed by atoms with Crippen molar-refractivity contribution in [3.05, 3.63) is 60.4 Å². The Morgan fingerprint density at radius 1 is 0.775 bits per heavy atom. The maximum Gasteiger partial charge on any atom is 0.123 e. The average Bonchev–Trinajstić information content (AvgIpc) is 3.78. The first-order valence-corrected chi connectivity index (χ1v) is 15.3. The Bertz CT molecular complexity index is 1600. The topological polar surface area (TPSA) is 93.4 Å². The minimum Gasteiger partial charge on any atom is -0.341 e. The van der Waals surface area contributed by atoms with Crippen LogP contribution >= 0.6 is 0 Å². The van der Waals surface area contributed by atoms with Crippen LogP contribution in [0.4, 0.5) is 0 Å². The Hall–Kier alpha value is -3.26. The molecule has 40 heavy (non-hydrogen) atoms. The first-order chi connectivity index (χ1) is 19.7. The van der Waals surface area contributed by atoms with Crippen LogP contribution in [-0.2, 0) is 0 Å². The number of hydrogen-bond acceptors (Lipinski definition) is 5. The van der Waals surface area contributed by atoms with Crippen LogP contribution < -0.4 is 16.0 Å². The molecule has 0 unspecified atom stereocenters. The van der Waals surface area contributed by atoms with Crippen molar-refractivity contribution in [3.63, 3.8) is 0 Å². The Morgan fingerprint density at radius 2 is 1.48 bits per heavy atom. The van der Waals surface area contributed by atoms with Gasteiger partial charge in [0.2, 0.25) is 0 Å². The van der Waals surface area contributed by atoms with Crippen LogP contribution in [0.15, 0.2) is 48.8 Å². The number of rotatable bonds is 5. The lowest BCUT2D eigenvalue weighted by atomic mass is 9.78. The molecular weight excluding hydrogens is 494 g/mol. The standard InChI is InChI=1S/C33H37N7/c1-34-33-11-3-6-30(33)38-27(15-33)32-36-17-29(40-32)20-8-10-22-23-12-19(7-9-21(23)24(22)13-20)28-16-35-31(39-28)26-14-18-4-2-5-25(18)37-26/h7-10,12-13,16-18,25-27,30,34,37-38H,2-6,11,14-15H2,1H3,(H,35,39)(H,36,40)/t18-,25-,26-,27-,30-,33+/m0/s1. The van der Waals surface area contributed by atoms with Gasteiger partial charge in [-0.05, 0) is 92.3 Å². The highest BCUT2D eigenvalue weighted by Gasteiger charge is 2.49. The van der Waals surface area contributed by atoms with Crippen LogP contribution in [-0.4, -0.2) is 44.6 Å². The van der Waals surface area contributed by atoms with E-state index in [1.165, 1.54) is 78.3 Å². The van der Waals surface area contributed by atoms with E-state index in [2.05, 4.69) is 69.4 Å². The van der Waals surface area contributed by atoms with E-state index in [4.69, 9.17) is 9.97 Å². The van der Waals surface area contributed by atoms with Gasteiger partial charge in [-0.25, -0.2) is 9.97 Å². The fourth-order valence-electron chi connectivity index (χ4n) is 8.76. The summed E-state index contributed by atoms with van der Waals surface area (Å²) < 4.78 is 0. The van der Waals surface area contributed by atoms with Crippen LogP contribution in [0.5, 0.6) is 0 Å². The number of likely N-dealkylation sites (N-methyl/N-ethyl adjacent to an activating group) is 1. The van der Waals surface area contributed by atoms with Crippen molar-refractivity contribution in [3.8, 4) is 44.8 Å². The van der Waals surface area contributed by atoms with Crippen molar-refractivity contribution in [1.29, 1.82) is 0 Å². The van der Waals surface area contributed by atoms with Gasteiger partial charge < -0.3 is 25.9 Å². The molecular formula is C33H37N7. The molecule has 2 aliphatic heterocycles. The Kier molecular flexibility index (Phi) is 5.05. The van der Waals surface area contributed by atoms with Crippen LogP contribution in [0.25, 0.3) is 44.8 Å². The van der Waals surface area contributed by atoms with Gasteiger partial charge >= 0.3 is 0 Å². The van der Waals surface area contributed by atoms with E-state index in [-0.39, 0.29) is 11.6 Å². The summed E-state index contributed by atoms with van der Waals surface area (Å²) in [5.74, 6) is 2.98. The smallest absolute Gasteiger partial charge is 0.123 e. The molecule has 4 aromatic rings. The SMILES string of the molecule is CN[C@@]12CCC[C@@H]1N[C@H](c1ncc(-c3ccc4c(c3)-c3ccc(-c5cnc([C@@H]6C[C@@H]7CCC[C@@H]7N6)[nH]5)cc3-4)[nH]1)C2. The number of fused-ring (bicyclic) bond motifs is 6. The summed E-state index contributed by atoms with van der Waals surface area (Å²) in [6.07, 6.45) is 14.2. The summed E-state index contributed by atoms with van der Waals surface area (Å²) in [4.78, 5) is 16.9. The molecule has 0 spiro atoms. The summed E-state index contributed by atoms with van der Waals surface area (Å²) in [5, 5.41) is 11.3. The van der Waals surface area contributed by atoms with Crippen molar-refractivity contribution in [2.24, 2.45) is 5.92 Å². The number of nitrogens with zero attached hydrogens (tertiary/aromatic N) is 2. The van der Waals surface area contributed by atoms with E-state index < -0.39 is 0 Å². The molecule has 2 saturated carbocycles. The molecule has 9 rings (SSSR count). The van der Waals surface area contributed by atoms with Crippen LogP contribution in [0.3, 0.4) is 0 Å². The van der Waals surface area contributed by atoms with E-state index in [1.54, 1.807) is 0 Å². The van der Waals surface area contributed by atoms with Crippen molar-refractivity contribution in [1.82, 2.24) is 35.9 Å². The lowest BCUT2D eigenvalue weighted by Gasteiger charge is -2.27. The summed E-state index contributed by atoms with van der Waals surface area (Å²) in [6.45, 7) is 0. The number of aromatic amines is 2. The molecule has 0 amide bonds. The number of H-pyrrole nitrogens is 2. The van der Waals surface area contributed by atoms with Gasteiger partial charge in [-0.2, -0.15) is 0 Å². The second-order valence-corrected chi connectivity index (χ2v) is 12.9. The fraction of sp³-hybridized carbons (Fsp3) is 0.455. The molecule has 2 aromatic carbocycles. The van der Waals surface area contributed by atoms with Gasteiger partial charge in [-0.15, -0.1) is 0 Å². The predicted octanol–water partition coefficient (Wildman–Crippen LogP) is 5.86. The molecule has 6 atom stereocenters. The Balaban J connectivity index is 0.933. The predicted molar refractivity (Wildman–Crippen MR) is 158 cm³/mol. The molecule has 204 valence electrons. The maximum absolute atomic E-state index is 4.81. The van der Waals surface area contributed by atoms with Gasteiger partial charge in [-0.3, -0.25) is 0 Å². The zero-order valence-electron chi connectivity index (χ0n) is 23.1. The number of benzene rings is 2. The van der Waals surface area contributed by atoms with Crippen LogP contribution in [0, 0.1) is 5.92 Å². The number of nitrogens with one attached hydrogen (secondary N) is 5. The molecule has 0 bridgehead atoms. The molecule has 2 saturated heterocycles. The zero-order valence-corrected chi connectivity index (χ0v) is 23.1. The molecule has 4 heterocycles. The normalized spacial score (nSPS) is 31.6. The molecule has 5 N–H and O–H groups in total. The third-order valence-electron chi connectivity index (χ3n) is 11.0. The van der Waals surface area contributed by atoms with Crippen LogP contribution in [0.1, 0.15) is 75.1 Å². The zero-order chi connectivity index (χ0) is 26.4. The van der Waals surface area contributed by atoms with Crippen molar-refractivity contribution >= 4 is 0 Å². The fourth-order valence-corrected chi connectivity index (χ4v) is 8.76. The van der Waals surface area contributed by atoms with Gasteiger partial charge in [0.25, 0.3) is 0 Å². The molecule has 5 aliphatic rings. The first-order valence-electron chi connectivity index (χ1n) is 15.3. The number of hydrogen-bond donors (Lipinski definition) is 5. The third-order valence-corrected chi connectivity index (χ3v) is 11.0. The molecule has 4 fully saturated rings. The molecule has 7 nitrogen and oxygen atoms in total. The van der Waals surface area contributed by atoms with E-state index in [0.29, 0.717) is 18.1 Å². The van der Waals surface area contributed by atoms with Gasteiger partial charge in [0.15, 0.2) is 0 Å². The molecule has 7 heteroatoms. The van der Waals surface area contributed by atoms with Crippen molar-refractivity contribution < 1.29 is 0 Å². The molecule has 2 aromatic heterocycles. The lowest BCUT2D eigenvalue weighted by molar-refractivity contribution is 0.345. The van der Waals surface area contributed by atoms with E-state index in [1.807, 2.05) is 12.4 Å². The van der Waals surface area contributed by atoms with E-state index in [9.17, 15) is 0 Å². The van der Waals surface area contributed by atoms with Crippen molar-refractivity contribution in [2.45, 2.75) is 81.1 Å². The summed E-state index contributed by atoms with van der Waals surface area (Å²) in [5.41, 5.74) is 10.1. The highest BCUT2D eigenvalue weighted by Crippen LogP contribution is 2.50. The van der Waals surface area contributed by atoms with Crippen molar-refractivity contribution in [2.75, 3.05) is 7.05 Å². The third kappa shape index (κ3) is 3.41. The Labute approximate surface area is 235 Å². The molecule has 0 radical (unpaired) electrons. The largest absolute Gasteiger partial charge is 0.341 e. The highest BCUT2D eigenvalue weighted by atomic mass is 15.2. The Morgan fingerprint density at radius 3 is 2.12 bits per heavy atom. The number of aromatic nitrogens is 4. The first kappa shape index (κ1) is 23.4.